The average Bonchev–Trinajstić information content (AvgIpc) is 3.11. The van der Waals surface area contributed by atoms with E-state index in [1.165, 1.54) is 13.3 Å². The maximum Gasteiger partial charge on any atom is 0.172 e. The van der Waals surface area contributed by atoms with Crippen molar-refractivity contribution in [3.05, 3.63) is 18.6 Å². The molecule has 1 saturated heterocycles. The average molecular weight is 363 g/mol. The molecule has 1 aliphatic heterocycles. The molecule has 1 saturated carbocycles. The topological polar surface area (TPSA) is 99.3 Å². The number of carbonyl (C=O) groups is 1. The minimum absolute atomic E-state index is 0.259. The van der Waals surface area contributed by atoms with E-state index in [0.717, 1.165) is 35.9 Å². The molecular formula is C16H21N5O3S. The van der Waals surface area contributed by atoms with Crippen molar-refractivity contribution in [3.8, 4) is 0 Å². The fourth-order valence-electron chi connectivity index (χ4n) is 3.99. The van der Waals surface area contributed by atoms with Gasteiger partial charge in [0.2, 0.25) is 0 Å². The third kappa shape index (κ3) is 2.71. The Bertz CT molecular complexity index is 934. The Labute approximate surface area is 146 Å². The van der Waals surface area contributed by atoms with E-state index in [0.29, 0.717) is 19.6 Å². The number of H-pyrrole nitrogens is 1. The molecule has 0 amide bonds. The number of nitrogens with zero attached hydrogens (tertiary/aromatic N) is 4. The number of anilines is 1. The van der Waals surface area contributed by atoms with E-state index >= 15 is 0 Å². The van der Waals surface area contributed by atoms with Gasteiger partial charge in [-0.2, -0.15) is 0 Å². The minimum atomic E-state index is -3.48. The van der Waals surface area contributed by atoms with Crippen molar-refractivity contribution < 1.29 is 13.2 Å². The Morgan fingerprint density at radius 2 is 2.08 bits per heavy atom. The Morgan fingerprint density at radius 1 is 1.32 bits per heavy atom. The number of carbonyl (C=O) groups excluding carboxylic acids is 1. The van der Waals surface area contributed by atoms with Crippen molar-refractivity contribution in [2.75, 3.05) is 30.8 Å². The van der Waals surface area contributed by atoms with Crippen LogP contribution in [0.25, 0.3) is 11.0 Å². The molecule has 134 valence electrons. The third-order valence-electron chi connectivity index (χ3n) is 5.20. The van der Waals surface area contributed by atoms with Crippen molar-refractivity contribution in [1.82, 2.24) is 19.9 Å². The molecule has 2 aromatic heterocycles. The molecule has 0 bridgehead atoms. The fraction of sp³-hybridized carbons (Fsp3) is 0.562. The van der Waals surface area contributed by atoms with Crippen LogP contribution in [0.1, 0.15) is 19.8 Å². The maximum absolute atomic E-state index is 12.2. The monoisotopic (exact) mass is 363 g/mol. The first kappa shape index (κ1) is 16.5. The number of Topliss-reactive ketones (excluding diaryl/α,β-unsaturated/α-hetero) is 1. The second-order valence-corrected chi connectivity index (χ2v) is 9.17. The van der Waals surface area contributed by atoms with Gasteiger partial charge in [0.25, 0.3) is 0 Å². The van der Waals surface area contributed by atoms with Crippen LogP contribution >= 0.6 is 0 Å². The molecule has 1 aliphatic carbocycles. The van der Waals surface area contributed by atoms with E-state index in [4.69, 9.17) is 0 Å². The molecule has 3 heterocycles. The maximum atomic E-state index is 12.2. The molecule has 1 spiro atoms. The second kappa shape index (κ2) is 5.50. The van der Waals surface area contributed by atoms with E-state index < -0.39 is 15.2 Å². The predicted octanol–water partition coefficient (Wildman–Crippen LogP) is 0.572. The highest BCUT2D eigenvalue weighted by atomic mass is 32.2. The summed E-state index contributed by atoms with van der Waals surface area (Å²) in [7, 11) is -3.48. The first-order valence-corrected chi connectivity index (χ1v) is 10.3. The number of hydrogen-bond acceptors (Lipinski definition) is 7. The Morgan fingerprint density at radius 3 is 2.72 bits per heavy atom. The number of aromatic nitrogens is 3. The summed E-state index contributed by atoms with van der Waals surface area (Å²) < 4.78 is 24.4. The summed E-state index contributed by atoms with van der Waals surface area (Å²) in [5.74, 6) is 0.549. The lowest BCUT2D eigenvalue weighted by Gasteiger charge is -2.45. The zero-order valence-corrected chi connectivity index (χ0v) is 15.1. The zero-order chi connectivity index (χ0) is 17.8. The number of aromatic amines is 1. The van der Waals surface area contributed by atoms with Crippen LogP contribution in [0.3, 0.4) is 0 Å². The largest absolute Gasteiger partial charge is 0.353 e. The van der Waals surface area contributed by atoms with Crippen LogP contribution in [0.5, 0.6) is 0 Å². The van der Waals surface area contributed by atoms with Gasteiger partial charge >= 0.3 is 0 Å². The van der Waals surface area contributed by atoms with Crippen LogP contribution in [-0.2, 0) is 14.6 Å². The van der Waals surface area contributed by atoms with Crippen LogP contribution in [0.2, 0.25) is 0 Å². The van der Waals surface area contributed by atoms with Crippen LogP contribution in [0, 0.1) is 0 Å². The lowest BCUT2D eigenvalue weighted by atomic mass is 10.1. The summed E-state index contributed by atoms with van der Waals surface area (Å²) in [4.78, 5) is 27.9. The lowest BCUT2D eigenvalue weighted by Crippen LogP contribution is -2.61. The first-order valence-electron chi connectivity index (χ1n) is 8.31. The van der Waals surface area contributed by atoms with Crippen LogP contribution in [-0.4, -0.2) is 70.9 Å². The van der Waals surface area contributed by atoms with Crippen LogP contribution in [0.4, 0.5) is 5.82 Å². The molecule has 0 radical (unpaired) electrons. The van der Waals surface area contributed by atoms with E-state index in [2.05, 4.69) is 19.9 Å². The highest BCUT2D eigenvalue weighted by molar-refractivity contribution is 7.92. The molecule has 0 aromatic carbocycles. The second-order valence-electron chi connectivity index (χ2n) is 7.07. The normalized spacial score (nSPS) is 21.6. The molecule has 1 unspecified atom stereocenters. The molecule has 8 nitrogen and oxygen atoms in total. The number of rotatable bonds is 4. The van der Waals surface area contributed by atoms with E-state index in [1.54, 1.807) is 0 Å². The van der Waals surface area contributed by atoms with Crippen molar-refractivity contribution in [2.24, 2.45) is 0 Å². The van der Waals surface area contributed by atoms with Gasteiger partial charge in [0, 0.05) is 37.6 Å². The van der Waals surface area contributed by atoms with Crippen LogP contribution in [0.15, 0.2) is 18.6 Å². The van der Waals surface area contributed by atoms with E-state index in [9.17, 15) is 13.2 Å². The summed E-state index contributed by atoms with van der Waals surface area (Å²) in [5, 5.41) is -0.0900. The summed E-state index contributed by atoms with van der Waals surface area (Å²) in [6.07, 6.45) is 6.31. The lowest BCUT2D eigenvalue weighted by molar-refractivity contribution is -0.120. The standard InChI is InChI=1S/C16H21N5O3S/c1-11(22)15(25(2,23)24)21-8-7-20(9-16(21)4-5-16)14-12-3-6-17-13(12)18-10-19-14/h3,6,10,15H,4-5,7-9H2,1-2H3,(H,17,18,19). The van der Waals surface area contributed by atoms with E-state index in [1.807, 2.05) is 17.2 Å². The van der Waals surface area contributed by atoms with E-state index in [-0.39, 0.29) is 11.3 Å². The van der Waals surface area contributed by atoms with Gasteiger partial charge in [0.1, 0.15) is 17.8 Å². The van der Waals surface area contributed by atoms with Gasteiger partial charge < -0.3 is 9.88 Å². The van der Waals surface area contributed by atoms with Gasteiger partial charge in [-0.05, 0) is 25.8 Å². The smallest absolute Gasteiger partial charge is 0.172 e. The summed E-state index contributed by atoms with van der Waals surface area (Å²) >= 11 is 0. The molecule has 2 aromatic rings. The van der Waals surface area contributed by atoms with Gasteiger partial charge in [0.05, 0.1) is 5.39 Å². The predicted molar refractivity (Wildman–Crippen MR) is 94.1 cm³/mol. The molecule has 25 heavy (non-hydrogen) atoms. The molecule has 2 aliphatic rings. The SMILES string of the molecule is CC(=O)C(N1CCN(c2ncnc3[nH]ccc23)CC12CC2)S(C)(=O)=O. The van der Waals surface area contributed by atoms with Crippen LogP contribution < -0.4 is 4.90 Å². The van der Waals surface area contributed by atoms with Gasteiger partial charge in [-0.1, -0.05) is 0 Å². The van der Waals surface area contributed by atoms with Crippen molar-refractivity contribution in [2.45, 2.75) is 30.7 Å². The van der Waals surface area contributed by atoms with Crippen molar-refractivity contribution in [1.29, 1.82) is 0 Å². The summed E-state index contributed by atoms with van der Waals surface area (Å²) in [6.45, 7) is 3.18. The number of piperazine rings is 1. The molecule has 9 heteroatoms. The minimum Gasteiger partial charge on any atom is -0.353 e. The molecular weight excluding hydrogens is 342 g/mol. The number of ketones is 1. The van der Waals surface area contributed by atoms with Gasteiger partial charge in [-0.25, -0.2) is 18.4 Å². The fourth-order valence-corrected chi connectivity index (χ4v) is 5.38. The van der Waals surface area contributed by atoms with Gasteiger partial charge in [0.15, 0.2) is 21.0 Å². The highest BCUT2D eigenvalue weighted by Gasteiger charge is 2.56. The van der Waals surface area contributed by atoms with Gasteiger partial charge in [-0.15, -0.1) is 0 Å². The Balaban J connectivity index is 1.66. The Kier molecular flexibility index (Phi) is 3.62. The van der Waals surface area contributed by atoms with Gasteiger partial charge in [-0.3, -0.25) is 9.69 Å². The number of sulfone groups is 1. The number of hydrogen-bond donors (Lipinski definition) is 1. The first-order chi connectivity index (χ1) is 11.8. The molecule has 1 atom stereocenters. The van der Waals surface area contributed by atoms with Crippen molar-refractivity contribution in [3.63, 3.8) is 0 Å². The summed E-state index contributed by atoms with van der Waals surface area (Å²) in [5.41, 5.74) is 0.528. The number of fused-ring (bicyclic) bond motifs is 1. The molecule has 1 N–H and O–H groups in total. The quantitative estimate of drug-likeness (QED) is 0.848. The highest BCUT2D eigenvalue weighted by Crippen LogP contribution is 2.47. The molecule has 2 fully saturated rings. The molecule has 4 rings (SSSR count). The van der Waals surface area contributed by atoms with Crippen molar-refractivity contribution >= 4 is 32.5 Å². The number of nitrogens with one attached hydrogen (secondary N) is 1. The Hall–Kier alpha value is -2.00. The third-order valence-corrected chi connectivity index (χ3v) is 6.60. The zero-order valence-electron chi connectivity index (χ0n) is 14.3. The summed E-state index contributed by atoms with van der Waals surface area (Å²) in [6, 6.07) is 1.95.